The summed E-state index contributed by atoms with van der Waals surface area (Å²) in [6.45, 7) is 0.170. The van der Waals surface area contributed by atoms with Gasteiger partial charge in [0.1, 0.15) is 0 Å². The van der Waals surface area contributed by atoms with Crippen molar-refractivity contribution in [2.75, 3.05) is 12.4 Å². The van der Waals surface area contributed by atoms with Crippen molar-refractivity contribution in [3.8, 4) is 0 Å². The molecule has 1 N–H and O–H groups in total. The second kappa shape index (κ2) is 6.49. The molecular formula is C9H9ClO2SSe. The van der Waals surface area contributed by atoms with Crippen LogP contribution in [0.3, 0.4) is 0 Å². The van der Waals surface area contributed by atoms with Gasteiger partial charge in [-0.25, -0.2) is 0 Å². The molecule has 0 aromatic heterocycles. The van der Waals surface area contributed by atoms with E-state index in [0.29, 0.717) is 11.3 Å². The molecule has 1 aromatic carbocycles. The molecular weight excluding hydrogens is 287 g/mol. The molecule has 0 aliphatic heterocycles. The Kier molecular flexibility index (Phi) is 5.60. The third-order valence-corrected chi connectivity index (χ3v) is 5.94. The van der Waals surface area contributed by atoms with Crippen molar-refractivity contribution < 1.29 is 9.90 Å². The van der Waals surface area contributed by atoms with E-state index in [1.54, 1.807) is 22.3 Å². The second-order valence-corrected chi connectivity index (χ2v) is 7.01. The van der Waals surface area contributed by atoms with Gasteiger partial charge in [0.05, 0.1) is 0 Å². The monoisotopic (exact) mass is 296 g/mol. The molecule has 0 saturated carbocycles. The molecule has 0 atom stereocenters. The van der Waals surface area contributed by atoms with E-state index in [2.05, 4.69) is 0 Å². The average Bonchev–Trinajstić information content (AvgIpc) is 2.19. The van der Waals surface area contributed by atoms with Gasteiger partial charge in [0, 0.05) is 0 Å². The molecule has 5 heteroatoms. The first-order valence-corrected chi connectivity index (χ1v) is 8.19. The summed E-state index contributed by atoms with van der Waals surface area (Å²) >= 11 is 5.58. The first-order chi connectivity index (χ1) is 6.75. The van der Waals surface area contributed by atoms with Gasteiger partial charge in [-0.15, -0.1) is 0 Å². The number of benzene rings is 1. The molecule has 0 heterocycles. The van der Waals surface area contributed by atoms with E-state index in [4.69, 9.17) is 16.7 Å². The van der Waals surface area contributed by atoms with Gasteiger partial charge in [-0.3, -0.25) is 0 Å². The summed E-state index contributed by atoms with van der Waals surface area (Å²) in [4.78, 5) is 11.0. The van der Waals surface area contributed by atoms with Crippen LogP contribution in [0.25, 0.3) is 0 Å². The fraction of sp³-hybridized carbons (Fsp3) is 0.222. The van der Waals surface area contributed by atoms with Crippen molar-refractivity contribution in [1.82, 2.24) is 0 Å². The minimum atomic E-state index is -0.410. The van der Waals surface area contributed by atoms with E-state index in [-0.39, 0.29) is 20.4 Å². The van der Waals surface area contributed by atoms with E-state index in [9.17, 15) is 4.79 Å². The zero-order valence-electron chi connectivity index (χ0n) is 7.27. The summed E-state index contributed by atoms with van der Waals surface area (Å²) in [7, 11) is 1.64. The number of carbonyl (C=O) groups is 1. The number of carbonyl (C=O) groups excluding carboxylic acids is 1. The molecule has 0 aliphatic rings. The van der Waals surface area contributed by atoms with Crippen molar-refractivity contribution in [3.63, 3.8) is 0 Å². The van der Waals surface area contributed by atoms with Gasteiger partial charge in [0.15, 0.2) is 0 Å². The van der Waals surface area contributed by atoms with Crippen molar-refractivity contribution >= 4 is 45.3 Å². The number of halogens is 1. The molecule has 0 amide bonds. The molecule has 0 bridgehead atoms. The summed E-state index contributed by atoms with van der Waals surface area (Å²) in [6.07, 6.45) is 0. The van der Waals surface area contributed by atoms with Gasteiger partial charge >= 0.3 is 97.4 Å². The average molecular weight is 296 g/mol. The molecule has 1 aromatic rings. The van der Waals surface area contributed by atoms with E-state index < -0.39 is 5.24 Å². The Bertz CT molecular complexity index is 319. The van der Waals surface area contributed by atoms with Crippen LogP contribution in [-0.4, -0.2) is 36.5 Å². The third kappa shape index (κ3) is 3.64. The van der Waals surface area contributed by atoms with E-state index >= 15 is 0 Å². The van der Waals surface area contributed by atoms with Crippen LogP contribution in [0.4, 0.5) is 0 Å². The molecule has 0 radical (unpaired) electrons. The van der Waals surface area contributed by atoms with Gasteiger partial charge in [0.2, 0.25) is 0 Å². The third-order valence-electron chi connectivity index (χ3n) is 1.42. The van der Waals surface area contributed by atoms with Crippen LogP contribution in [0.15, 0.2) is 24.3 Å². The van der Waals surface area contributed by atoms with E-state index in [0.717, 1.165) is 4.46 Å². The number of aliphatic hydroxyl groups is 1. The van der Waals surface area contributed by atoms with Gasteiger partial charge in [-0.05, 0) is 0 Å². The normalized spacial score (nSPS) is 10.1. The fourth-order valence-corrected chi connectivity index (χ4v) is 4.78. The summed E-state index contributed by atoms with van der Waals surface area (Å²) < 4.78 is 0.985. The molecule has 1 rings (SSSR count). The van der Waals surface area contributed by atoms with Crippen molar-refractivity contribution in [1.29, 1.82) is 0 Å². The quantitative estimate of drug-likeness (QED) is 0.501. The molecule has 0 fully saturated rings. The van der Waals surface area contributed by atoms with Crippen molar-refractivity contribution in [2.45, 2.75) is 0 Å². The van der Waals surface area contributed by atoms with Gasteiger partial charge in [0.25, 0.3) is 0 Å². The van der Waals surface area contributed by atoms with Gasteiger partial charge < -0.3 is 0 Å². The maximum atomic E-state index is 11.0. The first kappa shape index (κ1) is 12.1. The van der Waals surface area contributed by atoms with Crippen LogP contribution in [0.5, 0.6) is 0 Å². The SMILES string of the molecule is O=C(Cl)c1ccccc1[Se]SCCO. The molecule has 0 spiro atoms. The Hall–Kier alpha value is 0.00948. The summed E-state index contributed by atoms with van der Waals surface area (Å²) in [5, 5.41) is 8.21. The summed E-state index contributed by atoms with van der Waals surface area (Å²) in [5.41, 5.74) is 0.583. The van der Waals surface area contributed by atoms with Crippen molar-refractivity contribution in [3.05, 3.63) is 29.8 Å². The molecule has 0 aliphatic carbocycles. The van der Waals surface area contributed by atoms with Gasteiger partial charge in [-0.1, -0.05) is 0 Å². The Balaban J connectivity index is 2.69. The zero-order valence-corrected chi connectivity index (χ0v) is 10.6. The zero-order chi connectivity index (χ0) is 10.4. The van der Waals surface area contributed by atoms with Crippen molar-refractivity contribution in [2.24, 2.45) is 0 Å². The van der Waals surface area contributed by atoms with Crippen LogP contribution in [0.2, 0.25) is 0 Å². The van der Waals surface area contributed by atoms with Gasteiger partial charge in [-0.2, -0.15) is 0 Å². The summed E-state index contributed by atoms with van der Waals surface area (Å²) in [5.74, 6) is 0.699. The molecule has 0 saturated heterocycles. The predicted octanol–water partition coefficient (Wildman–Crippen LogP) is 1.04. The van der Waals surface area contributed by atoms with E-state index in [1.165, 1.54) is 0 Å². The Morgan fingerprint density at radius 2 is 2.21 bits per heavy atom. The molecule has 2 nitrogen and oxygen atoms in total. The number of rotatable bonds is 5. The summed E-state index contributed by atoms with van der Waals surface area (Å²) in [6, 6.07) is 7.32. The number of hydrogen-bond acceptors (Lipinski definition) is 3. The van der Waals surface area contributed by atoms with Crippen LogP contribution in [-0.2, 0) is 0 Å². The Morgan fingerprint density at radius 1 is 1.50 bits per heavy atom. The van der Waals surface area contributed by atoms with Crippen LogP contribution in [0.1, 0.15) is 10.4 Å². The van der Waals surface area contributed by atoms with E-state index in [1.807, 2.05) is 12.1 Å². The number of aliphatic hydroxyl groups excluding tert-OH is 1. The fourth-order valence-electron chi connectivity index (χ4n) is 0.844. The maximum absolute atomic E-state index is 11.0. The predicted molar refractivity (Wildman–Crippen MR) is 61.6 cm³/mol. The molecule has 76 valence electrons. The number of hydrogen-bond donors (Lipinski definition) is 1. The molecule has 0 unspecified atom stereocenters. The van der Waals surface area contributed by atoms with Crippen LogP contribution < -0.4 is 4.46 Å². The van der Waals surface area contributed by atoms with Crippen LogP contribution in [0, 0.1) is 0 Å². The molecule has 14 heavy (non-hydrogen) atoms. The first-order valence-electron chi connectivity index (χ1n) is 3.95. The Labute approximate surface area is 97.3 Å². The topological polar surface area (TPSA) is 37.3 Å². The minimum absolute atomic E-state index is 0.143. The Morgan fingerprint density at radius 3 is 2.86 bits per heavy atom. The van der Waals surface area contributed by atoms with Crippen LogP contribution >= 0.6 is 21.8 Å². The second-order valence-electron chi connectivity index (χ2n) is 2.40. The standard InChI is InChI=1S/C9H9ClO2SSe/c10-9(12)7-3-1-2-4-8(7)14-13-6-5-11/h1-4,11H,5-6H2.